The third-order valence-corrected chi connectivity index (χ3v) is 6.62. The van der Waals surface area contributed by atoms with Gasteiger partial charge >= 0.3 is 0 Å². The van der Waals surface area contributed by atoms with E-state index in [-0.39, 0.29) is 17.6 Å². The van der Waals surface area contributed by atoms with E-state index in [1.165, 1.54) is 17.7 Å². The van der Waals surface area contributed by atoms with Crippen LogP contribution in [-0.2, 0) is 4.79 Å². The van der Waals surface area contributed by atoms with Gasteiger partial charge in [0.05, 0.1) is 5.39 Å². The van der Waals surface area contributed by atoms with Crippen molar-refractivity contribution in [3.8, 4) is 11.3 Å². The summed E-state index contributed by atoms with van der Waals surface area (Å²) in [5.41, 5.74) is 5.14. The SMILES string of the molecule is Cc1ccc(-c2cc3c(N4CCN(C(=O)C[C@@H](C)c5ccc(F)cc5)CC4)ncnc3[nH]2)cc1. The Balaban J connectivity index is 1.26. The number of fused-ring (bicyclic) bond motifs is 1. The maximum Gasteiger partial charge on any atom is 0.223 e. The number of aromatic amines is 1. The van der Waals surface area contributed by atoms with Gasteiger partial charge in [-0.05, 0) is 42.2 Å². The van der Waals surface area contributed by atoms with Gasteiger partial charge < -0.3 is 14.8 Å². The lowest BCUT2D eigenvalue weighted by Gasteiger charge is -2.36. The predicted molar refractivity (Wildman–Crippen MR) is 132 cm³/mol. The summed E-state index contributed by atoms with van der Waals surface area (Å²) in [7, 11) is 0. The number of rotatable bonds is 5. The van der Waals surface area contributed by atoms with Gasteiger partial charge in [0.25, 0.3) is 0 Å². The zero-order chi connectivity index (χ0) is 23.7. The molecule has 1 aliphatic rings. The van der Waals surface area contributed by atoms with Gasteiger partial charge in [-0.15, -0.1) is 0 Å². The van der Waals surface area contributed by atoms with Gasteiger partial charge in [-0.1, -0.05) is 48.9 Å². The van der Waals surface area contributed by atoms with Crippen molar-refractivity contribution in [1.82, 2.24) is 19.9 Å². The van der Waals surface area contributed by atoms with Crippen molar-refractivity contribution in [2.24, 2.45) is 0 Å². The van der Waals surface area contributed by atoms with Crippen LogP contribution < -0.4 is 4.90 Å². The largest absolute Gasteiger partial charge is 0.352 e. The van der Waals surface area contributed by atoms with Crippen molar-refractivity contribution in [2.75, 3.05) is 31.1 Å². The Labute approximate surface area is 198 Å². The molecule has 5 rings (SSSR count). The standard InChI is InChI=1S/C27H28FN5O/c1-18-3-5-21(6-4-18)24-16-23-26(31-24)29-17-30-27(23)33-13-11-32(12-14-33)25(34)15-19(2)20-7-9-22(28)10-8-20/h3-10,16-17,19H,11-15H2,1-2H3,(H,29,30,31)/t19-/m1/s1. The van der Waals surface area contributed by atoms with E-state index < -0.39 is 0 Å². The summed E-state index contributed by atoms with van der Waals surface area (Å²) in [6.07, 6.45) is 2.01. The molecule has 2 aromatic heterocycles. The summed E-state index contributed by atoms with van der Waals surface area (Å²) in [6, 6.07) is 16.9. The smallest absolute Gasteiger partial charge is 0.223 e. The zero-order valence-corrected chi connectivity index (χ0v) is 19.5. The van der Waals surface area contributed by atoms with Crippen LogP contribution >= 0.6 is 0 Å². The van der Waals surface area contributed by atoms with Gasteiger partial charge in [-0.25, -0.2) is 14.4 Å². The topological polar surface area (TPSA) is 65.1 Å². The molecule has 0 aliphatic carbocycles. The number of benzene rings is 2. The second-order valence-corrected chi connectivity index (χ2v) is 9.03. The highest BCUT2D eigenvalue weighted by Crippen LogP contribution is 2.29. The average Bonchev–Trinajstić information content (AvgIpc) is 3.29. The van der Waals surface area contributed by atoms with E-state index in [1.807, 2.05) is 11.8 Å². The van der Waals surface area contributed by atoms with Gasteiger partial charge in [0.1, 0.15) is 23.6 Å². The fourth-order valence-electron chi connectivity index (χ4n) is 4.54. The first kappa shape index (κ1) is 22.1. The van der Waals surface area contributed by atoms with Gasteiger partial charge in [0.15, 0.2) is 0 Å². The molecule has 1 amide bonds. The van der Waals surface area contributed by atoms with Crippen LogP contribution in [0.15, 0.2) is 60.9 Å². The fraction of sp³-hybridized carbons (Fsp3) is 0.296. The van der Waals surface area contributed by atoms with Gasteiger partial charge in [0, 0.05) is 38.3 Å². The van der Waals surface area contributed by atoms with Crippen LogP contribution in [0.25, 0.3) is 22.3 Å². The van der Waals surface area contributed by atoms with Crippen LogP contribution in [-0.4, -0.2) is 51.9 Å². The fourth-order valence-corrected chi connectivity index (χ4v) is 4.54. The number of carbonyl (C=O) groups excluding carboxylic acids is 1. The summed E-state index contributed by atoms with van der Waals surface area (Å²) in [5, 5.41) is 0.989. The average molecular weight is 458 g/mol. The van der Waals surface area contributed by atoms with E-state index >= 15 is 0 Å². The molecule has 0 saturated carbocycles. The monoisotopic (exact) mass is 457 g/mol. The number of aromatic nitrogens is 3. The summed E-state index contributed by atoms with van der Waals surface area (Å²) in [6.45, 7) is 6.82. The molecule has 1 saturated heterocycles. The van der Waals surface area contributed by atoms with Crippen LogP contribution in [0.2, 0.25) is 0 Å². The molecule has 0 bridgehead atoms. The van der Waals surface area contributed by atoms with Crippen LogP contribution in [0.4, 0.5) is 10.2 Å². The Morgan fingerprint density at radius 3 is 2.44 bits per heavy atom. The Morgan fingerprint density at radius 1 is 1.03 bits per heavy atom. The highest BCUT2D eigenvalue weighted by atomic mass is 19.1. The molecule has 174 valence electrons. The van der Waals surface area contributed by atoms with Crippen molar-refractivity contribution in [2.45, 2.75) is 26.2 Å². The Kier molecular flexibility index (Phi) is 6.01. The number of carbonyl (C=O) groups is 1. The van der Waals surface area contributed by atoms with Gasteiger partial charge in [-0.3, -0.25) is 4.79 Å². The van der Waals surface area contributed by atoms with E-state index in [4.69, 9.17) is 0 Å². The first-order valence-corrected chi connectivity index (χ1v) is 11.7. The molecule has 1 aliphatic heterocycles. The summed E-state index contributed by atoms with van der Waals surface area (Å²) >= 11 is 0. The second-order valence-electron chi connectivity index (χ2n) is 9.03. The maximum absolute atomic E-state index is 13.2. The molecule has 1 fully saturated rings. The predicted octanol–water partition coefficient (Wildman–Crippen LogP) is 4.91. The molecule has 0 unspecified atom stereocenters. The second kappa shape index (κ2) is 9.25. The minimum absolute atomic E-state index is 0.0488. The van der Waals surface area contributed by atoms with Crippen molar-refractivity contribution in [1.29, 1.82) is 0 Å². The number of hydrogen-bond donors (Lipinski definition) is 1. The summed E-state index contributed by atoms with van der Waals surface area (Å²) in [4.78, 5) is 29.5. The number of nitrogens with zero attached hydrogens (tertiary/aromatic N) is 4. The zero-order valence-electron chi connectivity index (χ0n) is 19.5. The molecule has 1 N–H and O–H groups in total. The first-order chi connectivity index (χ1) is 16.5. The van der Waals surface area contributed by atoms with Crippen molar-refractivity contribution in [3.63, 3.8) is 0 Å². The maximum atomic E-state index is 13.2. The van der Waals surface area contributed by atoms with Crippen molar-refractivity contribution in [3.05, 3.63) is 77.9 Å². The highest BCUT2D eigenvalue weighted by molar-refractivity contribution is 5.92. The van der Waals surface area contributed by atoms with Crippen LogP contribution in [0.5, 0.6) is 0 Å². The third-order valence-electron chi connectivity index (χ3n) is 6.62. The Bertz CT molecular complexity index is 1290. The minimum atomic E-state index is -0.259. The number of piperazine rings is 1. The number of halogens is 1. The summed E-state index contributed by atoms with van der Waals surface area (Å²) in [5.74, 6) is 0.817. The lowest BCUT2D eigenvalue weighted by Crippen LogP contribution is -2.49. The Hall–Kier alpha value is -3.74. The molecular formula is C27H28FN5O. The van der Waals surface area contributed by atoms with Crippen molar-refractivity contribution >= 4 is 22.8 Å². The van der Waals surface area contributed by atoms with E-state index in [2.05, 4.69) is 57.1 Å². The lowest BCUT2D eigenvalue weighted by atomic mass is 9.97. The Morgan fingerprint density at radius 2 is 1.74 bits per heavy atom. The van der Waals surface area contributed by atoms with Gasteiger partial charge in [-0.2, -0.15) is 0 Å². The molecule has 34 heavy (non-hydrogen) atoms. The van der Waals surface area contributed by atoms with Crippen LogP contribution in [0.1, 0.15) is 30.4 Å². The quantitative estimate of drug-likeness (QED) is 0.462. The molecule has 0 radical (unpaired) electrons. The number of anilines is 1. The van der Waals surface area contributed by atoms with E-state index in [0.717, 1.165) is 33.7 Å². The highest BCUT2D eigenvalue weighted by Gasteiger charge is 2.25. The molecule has 2 aromatic carbocycles. The van der Waals surface area contributed by atoms with Gasteiger partial charge in [0.2, 0.25) is 5.91 Å². The molecule has 0 spiro atoms. The lowest BCUT2D eigenvalue weighted by molar-refractivity contribution is -0.131. The number of nitrogens with one attached hydrogen (secondary N) is 1. The molecule has 7 heteroatoms. The van der Waals surface area contributed by atoms with E-state index in [1.54, 1.807) is 18.5 Å². The van der Waals surface area contributed by atoms with Crippen molar-refractivity contribution < 1.29 is 9.18 Å². The van der Waals surface area contributed by atoms with E-state index in [9.17, 15) is 9.18 Å². The number of aryl methyl sites for hydroxylation is 1. The number of amides is 1. The number of hydrogen-bond acceptors (Lipinski definition) is 4. The molecule has 6 nitrogen and oxygen atoms in total. The summed E-state index contributed by atoms with van der Waals surface area (Å²) < 4.78 is 13.2. The van der Waals surface area contributed by atoms with Crippen LogP contribution in [0, 0.1) is 12.7 Å². The first-order valence-electron chi connectivity index (χ1n) is 11.7. The third kappa shape index (κ3) is 4.51. The number of H-pyrrole nitrogens is 1. The van der Waals surface area contributed by atoms with E-state index in [0.29, 0.717) is 32.6 Å². The molecule has 1 atom stereocenters. The van der Waals surface area contributed by atoms with Crippen LogP contribution in [0.3, 0.4) is 0 Å². The molecule has 3 heterocycles. The molecule has 4 aromatic rings. The normalized spacial score (nSPS) is 15.0. The minimum Gasteiger partial charge on any atom is -0.352 e. The molecular weight excluding hydrogens is 429 g/mol.